The van der Waals surface area contributed by atoms with Gasteiger partial charge in [0.15, 0.2) is 10.8 Å². The lowest BCUT2D eigenvalue weighted by molar-refractivity contribution is -0.146. The van der Waals surface area contributed by atoms with Crippen molar-refractivity contribution in [1.82, 2.24) is 19.5 Å². The number of nitrogen functional groups attached to an aromatic ring is 1. The Bertz CT molecular complexity index is 1090. The number of nitrogens with two attached hydrogens (primary N) is 2. The van der Waals surface area contributed by atoms with Gasteiger partial charge in [0.05, 0.1) is 0 Å². The van der Waals surface area contributed by atoms with Gasteiger partial charge in [0.25, 0.3) is 11.8 Å². The second-order valence-electron chi connectivity index (χ2n) is 6.82. The summed E-state index contributed by atoms with van der Waals surface area (Å²) in [7, 11) is -4.99. The number of nitrogens with one attached hydrogen (secondary N) is 1. The van der Waals surface area contributed by atoms with Crippen LogP contribution in [0.15, 0.2) is 10.5 Å². The largest absolute Gasteiger partial charge is 0.447 e. The van der Waals surface area contributed by atoms with Gasteiger partial charge in [-0.25, -0.2) is 14.1 Å². The first kappa shape index (κ1) is 30.5. The fraction of sp³-hybridized carbons (Fsp3) is 0.556. The maximum atomic E-state index is 12.5. The van der Waals surface area contributed by atoms with Crippen molar-refractivity contribution in [2.45, 2.75) is 32.9 Å². The zero-order valence-electron chi connectivity index (χ0n) is 19.8. The maximum Gasteiger partial charge on any atom is 0.404 e. The lowest BCUT2D eigenvalue weighted by atomic mass is 9.99. The number of β-lactam (4-membered cyclic amide) rings is 1. The first-order valence-corrected chi connectivity index (χ1v) is 12.7. The fourth-order valence-corrected chi connectivity index (χ4v) is 4.31. The van der Waals surface area contributed by atoms with Crippen LogP contribution < -0.4 is 16.8 Å². The number of nitriles is 1. The molecular formula is C18H28N8O8S2. The van der Waals surface area contributed by atoms with Gasteiger partial charge < -0.3 is 31.3 Å². The number of anilines is 1. The smallest absolute Gasteiger partial charge is 0.404 e. The molecule has 1 fully saturated rings. The van der Waals surface area contributed by atoms with Crippen LogP contribution in [0.4, 0.5) is 9.93 Å². The number of hydrogen-bond donors (Lipinski definition) is 4. The molecule has 0 bridgehead atoms. The monoisotopic (exact) mass is 548 g/mol. The van der Waals surface area contributed by atoms with Gasteiger partial charge in [-0.05, 0) is 19.6 Å². The molecule has 1 aliphatic rings. The van der Waals surface area contributed by atoms with Crippen LogP contribution in [0, 0.1) is 11.3 Å². The Morgan fingerprint density at radius 1 is 1.36 bits per heavy atom. The summed E-state index contributed by atoms with van der Waals surface area (Å²) in [6.45, 7) is 8.90. The molecule has 18 heteroatoms. The Kier molecular flexibility index (Phi) is 12.0. The van der Waals surface area contributed by atoms with Gasteiger partial charge in [0.2, 0.25) is 6.61 Å². The highest BCUT2D eigenvalue weighted by Crippen LogP contribution is 2.24. The molecular weight excluding hydrogens is 520 g/mol. The third-order valence-electron chi connectivity index (χ3n) is 4.71. The Morgan fingerprint density at radius 2 is 1.97 bits per heavy atom. The van der Waals surface area contributed by atoms with E-state index in [9.17, 15) is 22.8 Å². The van der Waals surface area contributed by atoms with E-state index in [1.165, 1.54) is 25.0 Å². The summed E-state index contributed by atoms with van der Waals surface area (Å²) in [6.07, 6.45) is -1.27. The lowest BCUT2D eigenvalue weighted by Crippen LogP contribution is -2.73. The fourth-order valence-electron chi connectivity index (χ4n) is 2.90. The van der Waals surface area contributed by atoms with E-state index < -0.39 is 59.2 Å². The number of amides is 3. The highest BCUT2D eigenvalue weighted by molar-refractivity contribution is 7.84. The van der Waals surface area contributed by atoms with E-state index in [0.29, 0.717) is 0 Å². The van der Waals surface area contributed by atoms with Crippen LogP contribution in [-0.4, -0.2) is 95.7 Å². The first-order chi connectivity index (χ1) is 16.9. The third-order valence-corrected chi connectivity index (χ3v) is 6.33. The van der Waals surface area contributed by atoms with Crippen molar-refractivity contribution in [1.29, 1.82) is 5.26 Å². The number of aromatic nitrogens is 1. The summed E-state index contributed by atoms with van der Waals surface area (Å²) in [5.41, 5.74) is 9.81. The molecule has 6 N–H and O–H groups in total. The Labute approximate surface area is 211 Å². The van der Waals surface area contributed by atoms with Crippen molar-refractivity contribution in [3.05, 3.63) is 11.1 Å². The Morgan fingerprint density at radius 3 is 2.39 bits per heavy atom. The molecule has 0 unspecified atom stereocenters. The summed E-state index contributed by atoms with van der Waals surface area (Å²) in [4.78, 5) is 46.2. The van der Waals surface area contributed by atoms with E-state index >= 15 is 0 Å². The number of hydrogen-bond acceptors (Lipinski definition) is 13. The lowest BCUT2D eigenvalue weighted by Gasteiger charge is -2.43. The third kappa shape index (κ3) is 8.60. The molecule has 3 amide bonds. The zero-order chi connectivity index (χ0) is 27.5. The van der Waals surface area contributed by atoms with Crippen LogP contribution in [0.3, 0.4) is 0 Å². The van der Waals surface area contributed by atoms with Gasteiger partial charge in [-0.15, -0.1) is 11.3 Å². The van der Waals surface area contributed by atoms with Crippen molar-refractivity contribution in [3.63, 3.8) is 0 Å². The van der Waals surface area contributed by atoms with E-state index in [0.717, 1.165) is 11.3 Å². The van der Waals surface area contributed by atoms with Gasteiger partial charge in [0.1, 0.15) is 30.5 Å². The predicted molar refractivity (Wildman–Crippen MR) is 128 cm³/mol. The molecule has 200 valence electrons. The molecule has 0 spiro atoms. The number of nitrogens with zero attached hydrogens (tertiary/aromatic N) is 5. The van der Waals surface area contributed by atoms with Crippen LogP contribution in [0.5, 0.6) is 0 Å². The molecule has 36 heavy (non-hydrogen) atoms. The molecule has 1 aromatic rings. The van der Waals surface area contributed by atoms with Gasteiger partial charge in [0, 0.05) is 5.38 Å². The van der Waals surface area contributed by atoms with Crippen molar-refractivity contribution < 1.29 is 36.9 Å². The summed E-state index contributed by atoms with van der Waals surface area (Å²) >= 11 is 0.971. The van der Waals surface area contributed by atoms with Crippen LogP contribution in [-0.2, 0) is 29.5 Å². The summed E-state index contributed by atoms with van der Waals surface area (Å²) < 4.78 is 36.2. The quantitative estimate of drug-likeness (QED) is 0.0847. The van der Waals surface area contributed by atoms with Crippen LogP contribution in [0.2, 0.25) is 0 Å². The Hall–Kier alpha value is -3.53. The Balaban J connectivity index is 0.000000809. The topological polar surface area (TPSA) is 244 Å². The number of ether oxygens (including phenoxy) is 1. The number of primary amides is 1. The van der Waals surface area contributed by atoms with Crippen molar-refractivity contribution in [2.24, 2.45) is 10.9 Å². The molecule has 2 atom stereocenters. The van der Waals surface area contributed by atoms with Gasteiger partial charge in [-0.1, -0.05) is 25.9 Å². The molecule has 2 heterocycles. The molecule has 16 nitrogen and oxygen atoms in total. The standard InChI is InChI=1S/C12H13N7O8S2.C6H15N/c13-1-2-27-18-7(5-4-28-11(14)16-5)9(20)17-8-6(3-26-12(15)22)19(10(8)21)29(23,24)25;1-4-7(5-2)6-3/h4,6,8H,2-3H2,(H2,14,16)(H2,15,22)(H,17,20)(H,23,24,25);4-6H2,1-3H3/b18-7-;/t6-,8+;/m1./s1. The average molecular weight is 549 g/mol. The van der Waals surface area contributed by atoms with Gasteiger partial charge in [-0.3, -0.25) is 14.1 Å². The maximum absolute atomic E-state index is 12.5. The molecule has 0 radical (unpaired) electrons. The van der Waals surface area contributed by atoms with Crippen molar-refractivity contribution in [3.8, 4) is 6.07 Å². The van der Waals surface area contributed by atoms with Gasteiger partial charge in [-0.2, -0.15) is 13.7 Å². The van der Waals surface area contributed by atoms with E-state index in [4.69, 9.17) is 21.3 Å². The minimum atomic E-state index is -4.99. The summed E-state index contributed by atoms with van der Waals surface area (Å²) in [5.74, 6) is -2.24. The number of rotatable bonds is 11. The van der Waals surface area contributed by atoms with Gasteiger partial charge >= 0.3 is 16.4 Å². The SMILES string of the molecule is CCN(CC)CC.N#CCO/N=C(\C(=O)N[C@@H]1C(=O)N(S(=O)(=O)O)[C@@H]1COC(N)=O)c1csc(N)n1. The van der Waals surface area contributed by atoms with E-state index in [1.54, 1.807) is 6.07 Å². The molecule has 0 aliphatic carbocycles. The highest BCUT2D eigenvalue weighted by atomic mass is 32.2. The second kappa shape index (κ2) is 14.1. The molecule has 2 rings (SSSR count). The zero-order valence-corrected chi connectivity index (χ0v) is 21.4. The molecule has 1 aliphatic heterocycles. The summed E-state index contributed by atoms with van der Waals surface area (Å²) in [5, 5.41) is 15.6. The van der Waals surface area contributed by atoms with Crippen LogP contribution >= 0.6 is 11.3 Å². The number of thiazole rings is 1. The molecule has 0 aromatic carbocycles. The molecule has 1 saturated heterocycles. The van der Waals surface area contributed by atoms with Crippen molar-refractivity contribution >= 4 is 50.4 Å². The minimum Gasteiger partial charge on any atom is -0.447 e. The second-order valence-corrected chi connectivity index (χ2v) is 9.00. The van der Waals surface area contributed by atoms with Crippen LogP contribution in [0.1, 0.15) is 26.5 Å². The van der Waals surface area contributed by atoms with Crippen LogP contribution in [0.25, 0.3) is 0 Å². The van der Waals surface area contributed by atoms with E-state index in [-0.39, 0.29) is 15.1 Å². The number of carbonyl (C=O) groups is 3. The van der Waals surface area contributed by atoms with E-state index in [1.807, 2.05) is 0 Å². The summed E-state index contributed by atoms with van der Waals surface area (Å²) in [6, 6.07) is -1.35. The number of oxime groups is 1. The molecule has 0 saturated carbocycles. The average Bonchev–Trinajstić information content (AvgIpc) is 3.23. The first-order valence-electron chi connectivity index (χ1n) is 10.4. The number of carbonyl (C=O) groups excluding carboxylic acids is 3. The highest BCUT2D eigenvalue weighted by Gasteiger charge is 2.54. The van der Waals surface area contributed by atoms with E-state index in [2.05, 4.69) is 50.7 Å². The van der Waals surface area contributed by atoms with Crippen molar-refractivity contribution in [2.75, 3.05) is 38.6 Å². The normalized spacial score (nSPS) is 17.4. The molecule has 1 aromatic heterocycles. The minimum absolute atomic E-state index is 0.0186. The predicted octanol–water partition coefficient (Wildman–Crippen LogP) is -1.09.